The lowest BCUT2D eigenvalue weighted by atomic mass is 9.96. The van der Waals surface area contributed by atoms with Crippen molar-refractivity contribution in [2.75, 3.05) is 13.1 Å². The van der Waals surface area contributed by atoms with E-state index in [9.17, 15) is 9.59 Å². The molecule has 2 aromatic heterocycles. The molecule has 4 rings (SSSR count). The van der Waals surface area contributed by atoms with Crippen LogP contribution in [0.15, 0.2) is 29.1 Å². The van der Waals surface area contributed by atoms with Gasteiger partial charge in [-0.2, -0.15) is 0 Å². The molecule has 1 aromatic carbocycles. The predicted octanol–water partition coefficient (Wildman–Crippen LogP) is 2.72. The molecule has 1 amide bonds. The van der Waals surface area contributed by atoms with Gasteiger partial charge >= 0.3 is 0 Å². The van der Waals surface area contributed by atoms with Crippen molar-refractivity contribution in [3.8, 4) is 0 Å². The van der Waals surface area contributed by atoms with Gasteiger partial charge in [-0.1, -0.05) is 35.9 Å². The first-order valence-electron chi connectivity index (χ1n) is 9.90. The summed E-state index contributed by atoms with van der Waals surface area (Å²) in [7, 11) is 0. The number of hydrogen-bond donors (Lipinski definition) is 1. The first-order valence-corrected chi connectivity index (χ1v) is 10.3. The summed E-state index contributed by atoms with van der Waals surface area (Å²) < 4.78 is 1.61. The minimum Gasteiger partial charge on any atom is -0.342 e. The lowest BCUT2D eigenvalue weighted by molar-refractivity contribution is -0.132. The third-order valence-corrected chi connectivity index (χ3v) is 5.47. The molecule has 1 atom stereocenters. The van der Waals surface area contributed by atoms with E-state index >= 15 is 0 Å². The maximum absolute atomic E-state index is 12.6. The van der Waals surface area contributed by atoms with Gasteiger partial charge in [0.05, 0.1) is 6.54 Å². The Balaban J connectivity index is 1.64. The minimum atomic E-state index is -0.306. The number of aromatic amines is 1. The van der Waals surface area contributed by atoms with Crippen molar-refractivity contribution in [2.45, 2.75) is 45.1 Å². The van der Waals surface area contributed by atoms with Crippen LogP contribution in [0.25, 0.3) is 11.2 Å². The molecule has 9 heteroatoms. The van der Waals surface area contributed by atoms with Crippen LogP contribution in [0, 0.1) is 0 Å². The second-order valence-electron chi connectivity index (χ2n) is 7.43. The largest absolute Gasteiger partial charge is 0.342 e. The number of aromatic nitrogens is 5. The molecule has 29 heavy (non-hydrogen) atoms. The van der Waals surface area contributed by atoms with E-state index in [-0.39, 0.29) is 22.9 Å². The first kappa shape index (κ1) is 19.6. The summed E-state index contributed by atoms with van der Waals surface area (Å²) >= 11 is 6.07. The fraction of sp³-hybridized carbons (Fsp3) is 0.450. The molecular formula is C20H23ClN6O2. The van der Waals surface area contributed by atoms with Gasteiger partial charge in [0, 0.05) is 30.5 Å². The van der Waals surface area contributed by atoms with Crippen LogP contribution in [0.2, 0.25) is 5.02 Å². The number of carbonyl (C=O) groups excluding carboxylic acids is 1. The summed E-state index contributed by atoms with van der Waals surface area (Å²) in [5.74, 6) is 0.746. The molecule has 1 unspecified atom stereocenters. The molecule has 1 saturated heterocycles. The highest BCUT2D eigenvalue weighted by atomic mass is 35.5. The maximum Gasteiger partial charge on any atom is 0.281 e. The Labute approximate surface area is 172 Å². The Morgan fingerprint density at radius 3 is 3.03 bits per heavy atom. The number of benzene rings is 1. The number of hydrogen-bond acceptors (Lipinski definition) is 5. The van der Waals surface area contributed by atoms with Crippen molar-refractivity contribution in [3.63, 3.8) is 0 Å². The zero-order valence-corrected chi connectivity index (χ0v) is 17.0. The van der Waals surface area contributed by atoms with Crippen molar-refractivity contribution < 1.29 is 4.79 Å². The van der Waals surface area contributed by atoms with E-state index in [2.05, 4.69) is 20.3 Å². The lowest BCUT2D eigenvalue weighted by Gasteiger charge is -2.32. The van der Waals surface area contributed by atoms with E-state index in [1.54, 1.807) is 10.7 Å². The van der Waals surface area contributed by atoms with Crippen LogP contribution in [0.4, 0.5) is 0 Å². The molecule has 0 spiro atoms. The summed E-state index contributed by atoms with van der Waals surface area (Å²) in [6, 6.07) is 7.46. The highest BCUT2D eigenvalue weighted by Crippen LogP contribution is 2.25. The van der Waals surface area contributed by atoms with Crippen molar-refractivity contribution in [2.24, 2.45) is 0 Å². The van der Waals surface area contributed by atoms with Crippen LogP contribution in [0.1, 0.15) is 49.9 Å². The van der Waals surface area contributed by atoms with Gasteiger partial charge in [-0.05, 0) is 37.0 Å². The van der Waals surface area contributed by atoms with Gasteiger partial charge in [0.1, 0.15) is 5.82 Å². The lowest BCUT2D eigenvalue weighted by Crippen LogP contribution is -2.39. The molecule has 0 radical (unpaired) electrons. The predicted molar refractivity (Wildman–Crippen MR) is 110 cm³/mol. The Morgan fingerprint density at radius 1 is 1.38 bits per heavy atom. The quantitative estimate of drug-likeness (QED) is 0.692. The number of fused-ring (bicyclic) bond motifs is 1. The molecule has 3 heterocycles. The molecule has 0 saturated carbocycles. The molecule has 3 aromatic rings. The second-order valence-corrected chi connectivity index (χ2v) is 7.87. The Hall–Kier alpha value is -2.74. The highest BCUT2D eigenvalue weighted by Gasteiger charge is 2.27. The molecule has 1 aliphatic heterocycles. The number of rotatable bonds is 5. The number of piperidine rings is 1. The van der Waals surface area contributed by atoms with Gasteiger partial charge in [0.2, 0.25) is 5.91 Å². The van der Waals surface area contributed by atoms with Crippen LogP contribution < -0.4 is 5.56 Å². The number of nitrogens with zero attached hydrogens (tertiary/aromatic N) is 5. The third kappa shape index (κ3) is 4.17. The average molecular weight is 415 g/mol. The van der Waals surface area contributed by atoms with Gasteiger partial charge in [0.15, 0.2) is 11.2 Å². The van der Waals surface area contributed by atoms with Gasteiger partial charge < -0.3 is 9.88 Å². The second kappa shape index (κ2) is 8.32. The van der Waals surface area contributed by atoms with Gasteiger partial charge in [-0.15, -0.1) is 5.10 Å². The Bertz CT molecular complexity index is 1090. The monoisotopic (exact) mass is 414 g/mol. The van der Waals surface area contributed by atoms with E-state index in [4.69, 9.17) is 11.6 Å². The van der Waals surface area contributed by atoms with Crippen molar-refractivity contribution in [3.05, 3.63) is 51.0 Å². The molecular weight excluding hydrogens is 392 g/mol. The van der Waals surface area contributed by atoms with Crippen molar-refractivity contribution >= 4 is 28.7 Å². The number of carbonyl (C=O) groups is 1. The van der Waals surface area contributed by atoms with E-state index in [0.717, 1.165) is 31.4 Å². The number of nitrogens with one attached hydrogen (secondary N) is 1. The number of H-pyrrole nitrogens is 1. The topological polar surface area (TPSA) is 96.8 Å². The molecule has 152 valence electrons. The zero-order valence-electron chi connectivity index (χ0n) is 16.3. The summed E-state index contributed by atoms with van der Waals surface area (Å²) in [5, 5.41) is 8.75. The Morgan fingerprint density at radius 2 is 2.24 bits per heavy atom. The fourth-order valence-corrected chi connectivity index (χ4v) is 4.00. The van der Waals surface area contributed by atoms with Crippen molar-refractivity contribution in [1.29, 1.82) is 0 Å². The number of amides is 1. The highest BCUT2D eigenvalue weighted by molar-refractivity contribution is 6.30. The average Bonchev–Trinajstić information content (AvgIpc) is 3.11. The van der Waals surface area contributed by atoms with Crippen LogP contribution in [0.3, 0.4) is 0 Å². The molecule has 8 nitrogen and oxygen atoms in total. The number of halogens is 1. The Kier molecular flexibility index (Phi) is 5.62. The van der Waals surface area contributed by atoms with Crippen molar-refractivity contribution in [1.82, 2.24) is 29.9 Å². The summed E-state index contributed by atoms with van der Waals surface area (Å²) in [6.07, 6.45) is 3.14. The van der Waals surface area contributed by atoms with E-state index in [0.29, 0.717) is 36.0 Å². The molecule has 1 aliphatic rings. The zero-order chi connectivity index (χ0) is 20.4. The van der Waals surface area contributed by atoms with Gasteiger partial charge in [-0.3, -0.25) is 9.59 Å². The molecule has 1 fully saturated rings. The number of likely N-dealkylation sites (tertiary alicyclic amines) is 1. The third-order valence-electron chi connectivity index (χ3n) is 5.24. The SMILES string of the molecule is CCCC(=O)N1CCCC(c2nc3c(nnn3Cc3cccc(Cl)c3)c(=O)[nH]2)C1. The van der Waals surface area contributed by atoms with Gasteiger partial charge in [-0.25, -0.2) is 9.67 Å². The fourth-order valence-electron chi connectivity index (χ4n) is 3.79. The smallest absolute Gasteiger partial charge is 0.281 e. The summed E-state index contributed by atoms with van der Waals surface area (Å²) in [5.41, 5.74) is 1.30. The molecule has 0 aliphatic carbocycles. The van der Waals surface area contributed by atoms with Crippen LogP contribution in [-0.2, 0) is 11.3 Å². The van der Waals surface area contributed by atoms with Gasteiger partial charge in [0.25, 0.3) is 5.56 Å². The van der Waals surface area contributed by atoms with Crippen LogP contribution in [-0.4, -0.2) is 48.9 Å². The molecule has 1 N–H and O–H groups in total. The first-order chi connectivity index (χ1) is 14.0. The van der Waals surface area contributed by atoms with E-state index in [1.807, 2.05) is 30.0 Å². The minimum absolute atomic E-state index is 0.00354. The van der Waals surface area contributed by atoms with E-state index < -0.39 is 0 Å². The molecule has 0 bridgehead atoms. The van der Waals surface area contributed by atoms with Crippen LogP contribution in [0.5, 0.6) is 0 Å². The maximum atomic E-state index is 12.6. The summed E-state index contributed by atoms with van der Waals surface area (Å²) in [6.45, 7) is 3.75. The van der Waals surface area contributed by atoms with Crippen LogP contribution >= 0.6 is 11.6 Å². The van der Waals surface area contributed by atoms with E-state index in [1.165, 1.54) is 0 Å². The normalized spacial score (nSPS) is 17.0. The standard InChI is InChI=1S/C20H23ClN6O2/c1-2-5-16(28)26-9-4-7-14(12-26)18-22-19-17(20(29)23-18)24-25-27(19)11-13-6-3-8-15(21)10-13/h3,6,8,10,14H,2,4-5,7,9,11-12H2,1H3,(H,22,23,29). The summed E-state index contributed by atoms with van der Waals surface area (Å²) in [4.78, 5) is 34.3.